The molecule has 3 nitrogen and oxygen atoms in total. The predicted octanol–water partition coefficient (Wildman–Crippen LogP) is 4.89. The Morgan fingerprint density at radius 1 is 0.542 bits per heavy atom. The van der Waals surface area contributed by atoms with Gasteiger partial charge in [0.05, 0.1) is 0 Å². The van der Waals surface area contributed by atoms with E-state index in [-0.39, 0.29) is 0 Å². The third-order valence-electron chi connectivity index (χ3n) is 4.39. The van der Waals surface area contributed by atoms with Crippen molar-refractivity contribution < 1.29 is 9.79 Å². The average molecular weight is 333 g/mol. The quantitative estimate of drug-likeness (QED) is 0.215. The Bertz CT molecular complexity index is 982. The van der Waals surface area contributed by atoms with E-state index in [9.17, 15) is 0 Å². The zero-order chi connectivity index (χ0) is 16.7. The van der Waals surface area contributed by atoms with Crippen LogP contribution in [0.2, 0.25) is 0 Å². The highest BCUT2D eigenvalue weighted by molar-refractivity contribution is 7.42. The molecule has 5 aromatic carbocycles. The molecule has 0 spiro atoms. The Morgan fingerprint density at radius 2 is 0.792 bits per heavy atom. The van der Waals surface area contributed by atoms with Crippen LogP contribution in [0.3, 0.4) is 0 Å². The van der Waals surface area contributed by atoms with Gasteiger partial charge in [-0.25, -0.2) is 0 Å². The fourth-order valence-corrected chi connectivity index (χ4v) is 3.58. The van der Waals surface area contributed by atoms with E-state index < -0.39 is 8.53 Å². The summed E-state index contributed by atoms with van der Waals surface area (Å²) < 4.78 is 0. The van der Waals surface area contributed by atoms with E-state index in [4.69, 9.17) is 9.79 Å². The Morgan fingerprint density at radius 3 is 1.04 bits per heavy atom. The first kappa shape index (κ1) is 15.3. The van der Waals surface area contributed by atoms with Crippen molar-refractivity contribution in [3.05, 3.63) is 72.8 Å². The van der Waals surface area contributed by atoms with Crippen molar-refractivity contribution >= 4 is 51.6 Å². The molecule has 0 aliphatic heterocycles. The van der Waals surface area contributed by atoms with Crippen molar-refractivity contribution in [3.8, 4) is 0 Å². The van der Waals surface area contributed by atoms with Gasteiger partial charge in [0.15, 0.2) is 0 Å². The molecular weight excluding hydrogens is 317 g/mol. The van der Waals surface area contributed by atoms with Gasteiger partial charge in [-0.3, -0.25) is 5.50 Å². The van der Waals surface area contributed by atoms with E-state index in [1.807, 2.05) is 0 Å². The minimum atomic E-state index is -2.12. The van der Waals surface area contributed by atoms with Crippen molar-refractivity contribution in [2.24, 2.45) is 5.50 Å². The van der Waals surface area contributed by atoms with Crippen LogP contribution in [0.5, 0.6) is 0 Å². The third-order valence-corrected chi connectivity index (χ3v) is 4.39. The number of hydrogen-bond acceptors (Lipinski definition) is 3. The highest BCUT2D eigenvalue weighted by atomic mass is 31.2. The second-order valence-corrected chi connectivity index (χ2v) is 6.38. The number of nitrogens with two attached hydrogens (primary N) is 1. The summed E-state index contributed by atoms with van der Waals surface area (Å²) >= 11 is 0. The van der Waals surface area contributed by atoms with Crippen molar-refractivity contribution in [2.45, 2.75) is 0 Å². The monoisotopic (exact) mass is 333 g/mol. The molecule has 0 fully saturated rings. The molecule has 0 amide bonds. The van der Waals surface area contributed by atoms with E-state index in [2.05, 4.69) is 78.3 Å². The van der Waals surface area contributed by atoms with Gasteiger partial charge >= 0.3 is 0 Å². The molecule has 0 radical (unpaired) electrons. The molecule has 0 saturated heterocycles. The topological polar surface area (TPSA) is 66.5 Å². The van der Waals surface area contributed by atoms with Gasteiger partial charge in [-0.05, 0) is 43.1 Å². The second-order valence-electron chi connectivity index (χ2n) is 5.74. The first-order chi connectivity index (χ1) is 11.7. The maximum absolute atomic E-state index is 7.45. The van der Waals surface area contributed by atoms with Crippen molar-refractivity contribution in [2.75, 3.05) is 0 Å². The highest BCUT2D eigenvalue weighted by Crippen LogP contribution is 2.39. The molecule has 4 heteroatoms. The van der Waals surface area contributed by atoms with Crippen LogP contribution in [-0.2, 0) is 0 Å². The van der Waals surface area contributed by atoms with Crippen LogP contribution in [0, 0.1) is 0 Å². The molecule has 0 aliphatic carbocycles. The highest BCUT2D eigenvalue weighted by Gasteiger charge is 2.11. The van der Waals surface area contributed by atoms with Gasteiger partial charge in [-0.15, -0.1) is 0 Å². The van der Waals surface area contributed by atoms with Crippen LogP contribution in [-0.4, -0.2) is 9.79 Å². The van der Waals surface area contributed by atoms with E-state index >= 15 is 0 Å². The molecule has 24 heavy (non-hydrogen) atoms. The number of benzene rings is 5. The summed E-state index contributed by atoms with van der Waals surface area (Å²) in [6.07, 6.45) is 0. The second kappa shape index (κ2) is 5.97. The zero-order valence-corrected chi connectivity index (χ0v) is 13.7. The van der Waals surface area contributed by atoms with E-state index in [0.717, 1.165) is 0 Å². The Hall–Kier alpha value is -2.29. The molecule has 4 N–H and O–H groups in total. The lowest BCUT2D eigenvalue weighted by Crippen LogP contribution is -1.85. The van der Waals surface area contributed by atoms with Gasteiger partial charge in [-0.2, -0.15) is 0 Å². The third kappa shape index (κ3) is 2.39. The molecule has 0 aromatic heterocycles. The Labute approximate surface area is 140 Å². The van der Waals surface area contributed by atoms with Gasteiger partial charge in [-0.1, -0.05) is 72.8 Å². The van der Waals surface area contributed by atoms with Crippen LogP contribution in [0.1, 0.15) is 0 Å². The minimum Gasteiger partial charge on any atom is -0.338 e. The summed E-state index contributed by atoms with van der Waals surface area (Å²) in [5.74, 6) is 0. The zero-order valence-electron chi connectivity index (χ0n) is 12.8. The lowest BCUT2D eigenvalue weighted by atomic mass is 9.90. The van der Waals surface area contributed by atoms with Gasteiger partial charge < -0.3 is 9.79 Å². The van der Waals surface area contributed by atoms with Crippen LogP contribution < -0.4 is 5.50 Å². The summed E-state index contributed by atoms with van der Waals surface area (Å²) in [4.78, 5) is 14.9. The molecule has 0 unspecified atom stereocenters. The first-order valence-corrected chi connectivity index (χ1v) is 8.95. The summed E-state index contributed by atoms with van der Waals surface area (Å²) in [6.45, 7) is 0. The lowest BCUT2D eigenvalue weighted by Gasteiger charge is -2.13. The van der Waals surface area contributed by atoms with Gasteiger partial charge in [0.1, 0.15) is 0 Å². The number of fused-ring (bicyclic) bond motifs is 2. The van der Waals surface area contributed by atoms with E-state index in [0.29, 0.717) is 0 Å². The molecule has 5 rings (SSSR count). The summed E-state index contributed by atoms with van der Waals surface area (Å²) in [5, 5.41) is 10.9. The van der Waals surface area contributed by atoms with Crippen molar-refractivity contribution in [3.63, 3.8) is 0 Å². The molecular formula is C20H16NO2P. The van der Waals surface area contributed by atoms with Gasteiger partial charge in [0, 0.05) is 0 Å². The molecule has 0 bridgehead atoms. The lowest BCUT2D eigenvalue weighted by molar-refractivity contribution is 0.485. The maximum atomic E-state index is 7.45. The molecule has 0 heterocycles. The molecule has 0 atom stereocenters. The largest absolute Gasteiger partial charge is 0.338 e. The summed E-state index contributed by atoms with van der Waals surface area (Å²) in [7, 11) is -2.12. The maximum Gasteiger partial charge on any atom is 0.247 e. The summed E-state index contributed by atoms with van der Waals surface area (Å²) in [6, 6.07) is 26.4. The van der Waals surface area contributed by atoms with E-state index in [1.54, 1.807) is 0 Å². The smallest absolute Gasteiger partial charge is 0.247 e. The Kier molecular flexibility index (Phi) is 3.79. The predicted molar refractivity (Wildman–Crippen MR) is 103 cm³/mol. The van der Waals surface area contributed by atoms with Gasteiger partial charge in [0.25, 0.3) is 0 Å². The molecule has 0 saturated carbocycles. The SMILES string of the molecule is NP(O)O.c1cc2cccc3c4cccc5cccc(c(c1)c23)c54. The van der Waals surface area contributed by atoms with Crippen LogP contribution in [0.25, 0.3) is 43.1 Å². The van der Waals surface area contributed by atoms with Crippen molar-refractivity contribution in [1.82, 2.24) is 0 Å². The summed E-state index contributed by atoms with van der Waals surface area (Å²) in [5.41, 5.74) is 4.29. The Balaban J connectivity index is 0.000000332. The molecule has 5 aromatic rings. The van der Waals surface area contributed by atoms with Crippen LogP contribution in [0.4, 0.5) is 0 Å². The van der Waals surface area contributed by atoms with Crippen LogP contribution in [0.15, 0.2) is 72.8 Å². The number of hydrogen-bond donors (Lipinski definition) is 3. The minimum absolute atomic E-state index is 1.33. The normalized spacial score (nSPS) is 11.5. The van der Waals surface area contributed by atoms with E-state index in [1.165, 1.54) is 43.1 Å². The number of rotatable bonds is 0. The van der Waals surface area contributed by atoms with Crippen molar-refractivity contribution in [1.29, 1.82) is 0 Å². The first-order valence-electron chi connectivity index (χ1n) is 7.63. The van der Waals surface area contributed by atoms with Gasteiger partial charge in [0.2, 0.25) is 8.53 Å². The fourth-order valence-electron chi connectivity index (χ4n) is 3.58. The fraction of sp³-hybridized carbons (Fsp3) is 0. The standard InChI is InChI=1S/C20H12.H4NO2P/c1-5-13-6-2-11-17-18-12-4-8-14-7-3-10-16(20(14)18)15(9-1)19(13)17;1-4(2)3/h1-12H;2-3H,1H2. The molecule has 118 valence electrons. The average Bonchev–Trinajstić information content (AvgIpc) is 2.59. The van der Waals surface area contributed by atoms with Crippen LogP contribution >= 0.6 is 8.53 Å². The molecule has 0 aliphatic rings.